The molecule has 6 rings (SSSR count). The molecule has 1 N–H and O–H groups in total. The zero-order chi connectivity index (χ0) is 22.2. The van der Waals surface area contributed by atoms with Crippen LogP contribution in [0.2, 0.25) is 0 Å². The van der Waals surface area contributed by atoms with Gasteiger partial charge >= 0.3 is 0 Å². The van der Waals surface area contributed by atoms with Crippen molar-refractivity contribution in [3.8, 4) is 16.4 Å². The summed E-state index contributed by atoms with van der Waals surface area (Å²) in [5.74, 6) is 3.95. The summed E-state index contributed by atoms with van der Waals surface area (Å²) in [6.45, 7) is 0.952. The van der Waals surface area contributed by atoms with E-state index in [0.29, 0.717) is 0 Å². The van der Waals surface area contributed by atoms with Crippen molar-refractivity contribution in [2.45, 2.75) is 44.4 Å². The Balaban J connectivity index is 1.33. The van der Waals surface area contributed by atoms with Crippen molar-refractivity contribution in [1.29, 1.82) is 0 Å². The molecule has 168 valence electrons. The first kappa shape index (κ1) is 20.7. The number of fused-ring (bicyclic) bond motifs is 2. The summed E-state index contributed by atoms with van der Waals surface area (Å²) in [4.78, 5) is 14.9. The first-order valence-corrected chi connectivity index (χ1v) is 13.4. The highest BCUT2D eigenvalue weighted by atomic mass is 32.2. The molecule has 4 aromatic rings. The molecule has 3 aromatic heterocycles. The molecule has 0 radical (unpaired) electrons. The van der Waals surface area contributed by atoms with Gasteiger partial charge < -0.3 is 14.5 Å². The fourth-order valence-corrected chi connectivity index (χ4v) is 7.18. The third kappa shape index (κ3) is 3.91. The average Bonchev–Trinajstić information content (AvgIpc) is 3.55. The number of thioether (sulfide) groups is 1. The van der Waals surface area contributed by atoms with E-state index >= 15 is 0 Å². The predicted octanol–water partition coefficient (Wildman–Crippen LogP) is 5.57. The summed E-state index contributed by atoms with van der Waals surface area (Å²) >= 11 is 3.68. The van der Waals surface area contributed by atoms with Gasteiger partial charge in [-0.3, -0.25) is 4.79 Å². The Hall–Kier alpha value is -2.84. The summed E-state index contributed by atoms with van der Waals surface area (Å²) in [6.07, 6.45) is 9.49. The summed E-state index contributed by atoms with van der Waals surface area (Å²) in [7, 11) is 0. The third-order valence-electron chi connectivity index (χ3n) is 6.36. The van der Waals surface area contributed by atoms with Crippen LogP contribution in [0.3, 0.4) is 0 Å². The minimum Gasteiger partial charge on any atom is -0.322 e. The number of carbonyl (C=O) groups is 1. The topological polar surface area (TPSA) is 64.7 Å². The Bertz CT molecular complexity index is 1300. The van der Waals surface area contributed by atoms with Crippen molar-refractivity contribution in [1.82, 2.24) is 19.3 Å². The van der Waals surface area contributed by atoms with Crippen LogP contribution in [0.1, 0.15) is 45.9 Å². The zero-order valence-electron chi connectivity index (χ0n) is 18.3. The van der Waals surface area contributed by atoms with Gasteiger partial charge in [-0.05, 0) is 54.8 Å². The lowest BCUT2D eigenvalue weighted by atomic mass is 10.1. The van der Waals surface area contributed by atoms with Gasteiger partial charge in [0.15, 0.2) is 5.82 Å². The summed E-state index contributed by atoms with van der Waals surface area (Å²) in [5.41, 5.74) is 3.79. The van der Waals surface area contributed by atoms with Crippen LogP contribution in [0.4, 0.5) is 5.69 Å². The maximum absolute atomic E-state index is 13.6. The second-order valence-corrected chi connectivity index (χ2v) is 10.7. The Morgan fingerprint density at radius 3 is 2.85 bits per heavy atom. The van der Waals surface area contributed by atoms with Crippen molar-refractivity contribution in [2.24, 2.45) is 0 Å². The predicted molar refractivity (Wildman–Crippen MR) is 134 cm³/mol. The molecule has 33 heavy (non-hydrogen) atoms. The van der Waals surface area contributed by atoms with Crippen LogP contribution in [0.25, 0.3) is 16.4 Å². The molecular formula is C25H25N5OS2. The molecule has 5 heterocycles. The number of carbonyl (C=O) groups excluding carboxylic acids is 1. The maximum atomic E-state index is 13.6. The number of nitrogens with zero attached hydrogens (tertiary/aromatic N) is 4. The van der Waals surface area contributed by atoms with Crippen LogP contribution in [0.15, 0.2) is 48.8 Å². The second kappa shape index (κ2) is 8.83. The van der Waals surface area contributed by atoms with Gasteiger partial charge in [-0.2, -0.15) is 11.8 Å². The minimum atomic E-state index is -0.0414. The molecule has 2 aliphatic rings. The van der Waals surface area contributed by atoms with Gasteiger partial charge in [0.1, 0.15) is 10.8 Å². The summed E-state index contributed by atoms with van der Waals surface area (Å²) < 4.78 is 4.30. The van der Waals surface area contributed by atoms with Gasteiger partial charge in [0.05, 0.1) is 5.56 Å². The van der Waals surface area contributed by atoms with Crippen molar-refractivity contribution in [3.05, 3.63) is 70.6 Å². The molecular weight excluding hydrogens is 450 g/mol. The van der Waals surface area contributed by atoms with Gasteiger partial charge in [-0.25, -0.2) is 0 Å². The molecule has 6 nitrogen and oxygen atoms in total. The Morgan fingerprint density at radius 1 is 1.03 bits per heavy atom. The normalized spacial score (nSPS) is 15.5. The number of amides is 1. The molecule has 0 spiro atoms. The fraction of sp³-hybridized carbons (Fsp3) is 0.320. The number of aryl methyl sites for hydroxylation is 1. The first-order valence-electron chi connectivity index (χ1n) is 11.5. The Morgan fingerprint density at radius 2 is 1.94 bits per heavy atom. The molecule has 0 saturated heterocycles. The van der Waals surface area contributed by atoms with Gasteiger partial charge in [0, 0.05) is 47.2 Å². The highest BCUT2D eigenvalue weighted by Crippen LogP contribution is 2.38. The van der Waals surface area contributed by atoms with Crippen molar-refractivity contribution >= 4 is 34.7 Å². The number of aromatic nitrogens is 4. The molecule has 0 bridgehead atoms. The van der Waals surface area contributed by atoms with E-state index in [9.17, 15) is 4.79 Å². The number of anilines is 1. The van der Waals surface area contributed by atoms with E-state index in [4.69, 9.17) is 0 Å². The van der Waals surface area contributed by atoms with Crippen LogP contribution < -0.4 is 5.32 Å². The zero-order valence-corrected chi connectivity index (χ0v) is 19.9. The molecule has 0 atom stereocenters. The maximum Gasteiger partial charge on any atom is 0.258 e. The quantitative estimate of drug-likeness (QED) is 0.419. The Labute approximate surface area is 201 Å². The molecule has 0 unspecified atom stereocenters. The second-order valence-electron chi connectivity index (χ2n) is 8.51. The Kier molecular flexibility index (Phi) is 5.55. The lowest BCUT2D eigenvalue weighted by Gasteiger charge is -2.14. The minimum absolute atomic E-state index is 0.0414. The van der Waals surface area contributed by atoms with Crippen LogP contribution in [-0.2, 0) is 25.1 Å². The van der Waals surface area contributed by atoms with Gasteiger partial charge in [-0.15, -0.1) is 21.5 Å². The smallest absolute Gasteiger partial charge is 0.258 e. The average molecular weight is 476 g/mol. The summed E-state index contributed by atoms with van der Waals surface area (Å²) in [5, 5.41) is 13.1. The number of hydrogen-bond donors (Lipinski definition) is 1. The largest absolute Gasteiger partial charge is 0.322 e. The molecule has 1 aromatic carbocycles. The van der Waals surface area contributed by atoms with Crippen LogP contribution in [-0.4, -0.2) is 31.0 Å². The standard InChI is InChI=1S/C25H25N5OS2/c31-24(22-19-10-14-32-16-20(19)33-25(22)29-11-4-5-12-29)26-18-8-6-7-17(15-18)23-28-27-21-9-2-1-3-13-30(21)23/h4-8,11-12,15H,1-3,9-10,13-14,16H2,(H,26,31). The summed E-state index contributed by atoms with van der Waals surface area (Å²) in [6, 6.07) is 12.0. The van der Waals surface area contributed by atoms with Gasteiger partial charge in [0.25, 0.3) is 5.91 Å². The van der Waals surface area contributed by atoms with Crippen molar-refractivity contribution in [3.63, 3.8) is 0 Å². The van der Waals surface area contributed by atoms with E-state index in [-0.39, 0.29) is 5.91 Å². The molecule has 0 aliphatic carbocycles. The monoisotopic (exact) mass is 475 g/mol. The van der Waals surface area contributed by atoms with Crippen molar-refractivity contribution < 1.29 is 4.79 Å². The van der Waals surface area contributed by atoms with E-state index in [0.717, 1.165) is 70.8 Å². The van der Waals surface area contributed by atoms with Crippen molar-refractivity contribution in [2.75, 3.05) is 11.1 Å². The highest BCUT2D eigenvalue weighted by molar-refractivity contribution is 7.98. The van der Waals surface area contributed by atoms with Gasteiger partial charge in [-0.1, -0.05) is 18.6 Å². The molecule has 1 amide bonds. The number of benzene rings is 1. The van der Waals surface area contributed by atoms with E-state index in [1.54, 1.807) is 11.3 Å². The lowest BCUT2D eigenvalue weighted by Crippen LogP contribution is -2.16. The number of thiophene rings is 1. The van der Waals surface area contributed by atoms with Crippen LogP contribution in [0.5, 0.6) is 0 Å². The van der Waals surface area contributed by atoms with E-state index in [2.05, 4.69) is 24.6 Å². The molecule has 0 saturated carbocycles. The van der Waals surface area contributed by atoms with Crippen LogP contribution in [0, 0.1) is 0 Å². The molecule has 0 fully saturated rings. The molecule has 2 aliphatic heterocycles. The number of rotatable bonds is 4. The van der Waals surface area contributed by atoms with E-state index < -0.39 is 0 Å². The third-order valence-corrected chi connectivity index (χ3v) is 8.77. The van der Waals surface area contributed by atoms with E-state index in [1.807, 2.05) is 60.6 Å². The number of hydrogen-bond acceptors (Lipinski definition) is 5. The van der Waals surface area contributed by atoms with Gasteiger partial charge in [0.2, 0.25) is 0 Å². The first-order chi connectivity index (χ1) is 16.3. The fourth-order valence-electron chi connectivity index (χ4n) is 4.73. The van der Waals surface area contributed by atoms with E-state index in [1.165, 1.54) is 23.3 Å². The highest BCUT2D eigenvalue weighted by Gasteiger charge is 2.26. The lowest BCUT2D eigenvalue weighted by molar-refractivity contribution is 0.102. The molecule has 8 heteroatoms. The number of nitrogens with one attached hydrogen (secondary N) is 1. The SMILES string of the molecule is O=C(Nc1cccc(-c2nnc3n2CCCCC3)c1)c1c(-n2cccc2)sc2c1CCSC2. The van der Waals surface area contributed by atoms with Crippen LogP contribution >= 0.6 is 23.1 Å².